The quantitative estimate of drug-likeness (QED) is 0.669. The molecule has 0 spiro atoms. The third-order valence-corrected chi connectivity index (χ3v) is 3.32. The number of hydrogen-bond acceptors (Lipinski definition) is 5. The van der Waals surface area contributed by atoms with Gasteiger partial charge < -0.3 is 14.8 Å². The van der Waals surface area contributed by atoms with E-state index < -0.39 is 22.3 Å². The Kier molecular flexibility index (Phi) is 4.98. The number of methoxy groups -OCH3 is 2. The lowest BCUT2D eigenvalue weighted by molar-refractivity contribution is -0.385. The van der Waals surface area contributed by atoms with Gasteiger partial charge in [0.1, 0.15) is 11.4 Å². The van der Waals surface area contributed by atoms with Crippen LogP contribution in [0.5, 0.6) is 11.5 Å². The highest BCUT2D eigenvalue weighted by atomic mass is 19.1. The SMILES string of the molecule is COc1cc(C(=O)Nc2ccc(C)cc2F)c([N+](=O)[O-])cc1OC. The van der Waals surface area contributed by atoms with Gasteiger partial charge in [0.05, 0.1) is 30.9 Å². The molecule has 0 bridgehead atoms. The second-order valence-corrected chi connectivity index (χ2v) is 4.92. The fourth-order valence-electron chi connectivity index (χ4n) is 2.11. The van der Waals surface area contributed by atoms with Crippen LogP contribution in [0.15, 0.2) is 30.3 Å². The van der Waals surface area contributed by atoms with Gasteiger partial charge in [0.15, 0.2) is 11.5 Å². The fraction of sp³-hybridized carbons (Fsp3) is 0.188. The number of aryl methyl sites for hydroxylation is 1. The normalized spacial score (nSPS) is 10.2. The number of carbonyl (C=O) groups excluding carboxylic acids is 1. The zero-order chi connectivity index (χ0) is 17.9. The number of ether oxygens (including phenoxy) is 2. The summed E-state index contributed by atoms with van der Waals surface area (Å²) in [7, 11) is 2.66. The number of nitro groups is 1. The van der Waals surface area contributed by atoms with Gasteiger partial charge >= 0.3 is 0 Å². The average molecular weight is 334 g/mol. The number of carbonyl (C=O) groups is 1. The first kappa shape index (κ1) is 17.2. The number of rotatable bonds is 5. The Hall–Kier alpha value is -3.16. The molecule has 2 aromatic carbocycles. The minimum absolute atomic E-state index is 0.0744. The predicted octanol–water partition coefficient (Wildman–Crippen LogP) is 3.31. The predicted molar refractivity (Wildman–Crippen MR) is 85.3 cm³/mol. The van der Waals surface area contributed by atoms with Crippen molar-refractivity contribution in [3.63, 3.8) is 0 Å². The molecule has 0 aromatic heterocycles. The van der Waals surface area contributed by atoms with Crippen LogP contribution in [0.3, 0.4) is 0 Å². The lowest BCUT2D eigenvalue weighted by atomic mass is 10.1. The van der Waals surface area contributed by atoms with Crippen molar-refractivity contribution in [3.05, 3.63) is 57.4 Å². The summed E-state index contributed by atoms with van der Waals surface area (Å²) in [6.07, 6.45) is 0. The summed E-state index contributed by atoms with van der Waals surface area (Å²) >= 11 is 0. The molecule has 2 aromatic rings. The number of benzene rings is 2. The second kappa shape index (κ2) is 6.95. The number of hydrogen-bond donors (Lipinski definition) is 1. The van der Waals surface area contributed by atoms with Gasteiger partial charge in [0, 0.05) is 6.07 Å². The second-order valence-electron chi connectivity index (χ2n) is 4.92. The molecule has 0 aliphatic carbocycles. The maximum atomic E-state index is 13.9. The van der Waals surface area contributed by atoms with E-state index in [4.69, 9.17) is 9.47 Å². The summed E-state index contributed by atoms with van der Waals surface area (Å²) in [6, 6.07) is 6.51. The van der Waals surface area contributed by atoms with Gasteiger partial charge in [-0.2, -0.15) is 0 Å². The zero-order valence-corrected chi connectivity index (χ0v) is 13.3. The number of nitrogens with one attached hydrogen (secondary N) is 1. The van der Waals surface area contributed by atoms with Gasteiger partial charge in [-0.15, -0.1) is 0 Å². The van der Waals surface area contributed by atoms with Gasteiger partial charge in [-0.1, -0.05) is 6.07 Å². The van der Waals surface area contributed by atoms with Crippen molar-refractivity contribution in [2.45, 2.75) is 6.92 Å². The smallest absolute Gasteiger partial charge is 0.286 e. The van der Waals surface area contributed by atoms with Crippen LogP contribution in [0.2, 0.25) is 0 Å². The Morgan fingerprint density at radius 3 is 2.33 bits per heavy atom. The number of halogens is 1. The first-order valence-corrected chi connectivity index (χ1v) is 6.85. The topological polar surface area (TPSA) is 90.7 Å². The van der Waals surface area contributed by atoms with Crippen molar-refractivity contribution in [2.24, 2.45) is 0 Å². The maximum absolute atomic E-state index is 13.9. The summed E-state index contributed by atoms with van der Waals surface area (Å²) in [5.74, 6) is -1.20. The fourth-order valence-corrected chi connectivity index (χ4v) is 2.11. The molecule has 1 amide bonds. The zero-order valence-electron chi connectivity index (χ0n) is 13.3. The molecule has 0 saturated carbocycles. The third-order valence-electron chi connectivity index (χ3n) is 3.32. The largest absolute Gasteiger partial charge is 0.493 e. The van der Waals surface area contributed by atoms with Crippen LogP contribution in [-0.4, -0.2) is 25.1 Å². The number of amides is 1. The van der Waals surface area contributed by atoms with E-state index in [1.807, 2.05) is 0 Å². The van der Waals surface area contributed by atoms with E-state index in [0.717, 1.165) is 6.07 Å². The van der Waals surface area contributed by atoms with Crippen LogP contribution in [0.1, 0.15) is 15.9 Å². The third kappa shape index (κ3) is 3.43. The minimum atomic E-state index is -0.828. The van der Waals surface area contributed by atoms with Gasteiger partial charge in [-0.05, 0) is 24.6 Å². The van der Waals surface area contributed by atoms with Crippen molar-refractivity contribution in [3.8, 4) is 11.5 Å². The molecule has 2 rings (SSSR count). The van der Waals surface area contributed by atoms with E-state index >= 15 is 0 Å². The summed E-state index contributed by atoms with van der Waals surface area (Å²) in [5, 5.41) is 13.5. The minimum Gasteiger partial charge on any atom is -0.493 e. The highest BCUT2D eigenvalue weighted by molar-refractivity contribution is 6.07. The van der Waals surface area contributed by atoms with Crippen LogP contribution in [0.4, 0.5) is 15.8 Å². The number of anilines is 1. The molecule has 0 fully saturated rings. The van der Waals surface area contributed by atoms with E-state index in [1.165, 1.54) is 32.4 Å². The molecule has 126 valence electrons. The summed E-state index contributed by atoms with van der Waals surface area (Å²) < 4.78 is 23.9. The van der Waals surface area contributed by atoms with Crippen molar-refractivity contribution in [1.82, 2.24) is 0 Å². The van der Waals surface area contributed by atoms with E-state index in [2.05, 4.69) is 5.32 Å². The molecular weight excluding hydrogens is 319 g/mol. The molecule has 0 unspecified atom stereocenters. The highest BCUT2D eigenvalue weighted by Gasteiger charge is 2.25. The summed E-state index contributed by atoms with van der Waals surface area (Å²) in [4.78, 5) is 22.9. The molecular formula is C16H15FN2O5. The first-order valence-electron chi connectivity index (χ1n) is 6.85. The summed E-state index contributed by atoms with van der Waals surface area (Å²) in [6.45, 7) is 1.70. The van der Waals surface area contributed by atoms with Crippen molar-refractivity contribution in [1.29, 1.82) is 0 Å². The lowest BCUT2D eigenvalue weighted by Gasteiger charge is -2.11. The van der Waals surface area contributed by atoms with Crippen LogP contribution in [0.25, 0.3) is 0 Å². The van der Waals surface area contributed by atoms with E-state index in [9.17, 15) is 19.3 Å². The highest BCUT2D eigenvalue weighted by Crippen LogP contribution is 2.35. The van der Waals surface area contributed by atoms with Crippen molar-refractivity contribution < 1.29 is 23.6 Å². The molecule has 0 atom stereocenters. The molecule has 1 N–H and O–H groups in total. The van der Waals surface area contributed by atoms with E-state index in [0.29, 0.717) is 5.56 Å². The van der Waals surface area contributed by atoms with E-state index in [-0.39, 0.29) is 22.7 Å². The van der Waals surface area contributed by atoms with Crippen molar-refractivity contribution in [2.75, 3.05) is 19.5 Å². The van der Waals surface area contributed by atoms with Crippen LogP contribution in [-0.2, 0) is 0 Å². The Labute approximate surface area is 137 Å². The average Bonchev–Trinajstić information content (AvgIpc) is 2.55. The van der Waals surface area contributed by atoms with Crippen LogP contribution in [0, 0.1) is 22.9 Å². The first-order chi connectivity index (χ1) is 11.4. The Morgan fingerprint density at radius 2 is 1.79 bits per heavy atom. The molecule has 24 heavy (non-hydrogen) atoms. The van der Waals surface area contributed by atoms with Gasteiger partial charge in [-0.25, -0.2) is 4.39 Å². The van der Waals surface area contributed by atoms with Gasteiger partial charge in [0.25, 0.3) is 11.6 Å². The Morgan fingerprint density at radius 1 is 1.17 bits per heavy atom. The Bertz CT molecular complexity index is 807. The van der Waals surface area contributed by atoms with Gasteiger partial charge in [-0.3, -0.25) is 14.9 Å². The molecule has 0 radical (unpaired) electrons. The van der Waals surface area contributed by atoms with E-state index in [1.54, 1.807) is 13.0 Å². The molecule has 0 heterocycles. The lowest BCUT2D eigenvalue weighted by Crippen LogP contribution is -2.15. The number of nitrogens with zero attached hydrogens (tertiary/aromatic N) is 1. The van der Waals surface area contributed by atoms with Crippen molar-refractivity contribution >= 4 is 17.3 Å². The molecule has 7 nitrogen and oxygen atoms in total. The number of nitro benzene ring substituents is 1. The molecule has 0 aliphatic heterocycles. The monoisotopic (exact) mass is 334 g/mol. The van der Waals surface area contributed by atoms with Gasteiger partial charge in [0.2, 0.25) is 0 Å². The molecule has 0 saturated heterocycles. The van der Waals surface area contributed by atoms with Crippen LogP contribution < -0.4 is 14.8 Å². The summed E-state index contributed by atoms with van der Waals surface area (Å²) in [5.41, 5.74) is -0.132. The maximum Gasteiger partial charge on any atom is 0.286 e. The standard InChI is InChI=1S/C16H15FN2O5/c1-9-4-5-12(11(17)6-9)18-16(20)10-7-14(23-2)15(24-3)8-13(10)19(21)22/h4-8H,1-3H3,(H,18,20). The molecule has 0 aliphatic rings. The van der Waals surface area contributed by atoms with Crippen LogP contribution >= 0.6 is 0 Å². The molecule has 8 heteroatoms. The Balaban J connectivity index is 2.45.